The smallest absolute Gasteiger partial charge is 0.159 e. The number of nitrogens with zero attached hydrogens (tertiary/aromatic N) is 3. The molecule has 14 heteroatoms. The van der Waals surface area contributed by atoms with Gasteiger partial charge in [-0.15, -0.1) is 23.2 Å². The molecule has 2 N–H and O–H groups in total. The van der Waals surface area contributed by atoms with E-state index in [1.807, 2.05) is 67.6 Å². The maximum atomic E-state index is 13.7. The summed E-state index contributed by atoms with van der Waals surface area (Å²) in [6.07, 6.45) is 0. The highest BCUT2D eigenvalue weighted by atomic mass is 35.5. The largest absolute Gasteiger partial charge is 0.398 e. The average Bonchev–Trinajstić information content (AvgIpc) is 3.26. The first-order chi connectivity index (χ1) is 29.7. The zero-order valence-corrected chi connectivity index (χ0v) is 38.5. The van der Waals surface area contributed by atoms with Gasteiger partial charge < -0.3 is 10.6 Å². The molecule has 0 aromatic heterocycles. The van der Waals surface area contributed by atoms with Gasteiger partial charge in [-0.1, -0.05) is 119 Å². The topological polar surface area (TPSA) is 35.7 Å². The lowest BCUT2D eigenvalue weighted by Crippen LogP contribution is -2.53. The van der Waals surface area contributed by atoms with Crippen LogP contribution in [0, 0.1) is 23.3 Å². The van der Waals surface area contributed by atoms with Gasteiger partial charge in [-0.25, -0.2) is 17.6 Å². The van der Waals surface area contributed by atoms with E-state index >= 15 is 0 Å². The Bertz CT molecular complexity index is 2350. The molecule has 0 bridgehead atoms. The number of hydrogen-bond acceptors (Lipinski definition) is 4. The van der Waals surface area contributed by atoms with Crippen LogP contribution in [-0.4, -0.2) is 47.4 Å². The van der Waals surface area contributed by atoms with Crippen LogP contribution in [0.5, 0.6) is 0 Å². The second-order valence-corrected chi connectivity index (χ2v) is 17.3. The second kappa shape index (κ2) is 23.8. The van der Waals surface area contributed by atoms with Crippen LogP contribution in [0.4, 0.5) is 28.9 Å². The van der Waals surface area contributed by atoms with Gasteiger partial charge in [0.15, 0.2) is 23.3 Å². The van der Waals surface area contributed by atoms with E-state index in [-0.39, 0.29) is 23.5 Å². The summed E-state index contributed by atoms with van der Waals surface area (Å²) in [5, 5.41) is 2.11. The highest BCUT2D eigenvalue weighted by Gasteiger charge is 2.36. The molecule has 1 heterocycles. The number of anilines is 2. The second-order valence-electron chi connectivity index (χ2n) is 14.7. The van der Waals surface area contributed by atoms with Gasteiger partial charge in [0, 0.05) is 60.7 Å². The molecular formula is C48H46Cl6F4N4. The summed E-state index contributed by atoms with van der Waals surface area (Å²) in [5.41, 5.74) is 10.5. The van der Waals surface area contributed by atoms with Crippen LogP contribution in [0.1, 0.15) is 47.5 Å². The third-order valence-electron chi connectivity index (χ3n) is 10.5. The zero-order chi connectivity index (χ0) is 44.9. The fourth-order valence-electron chi connectivity index (χ4n) is 7.24. The van der Waals surface area contributed by atoms with Gasteiger partial charge in [0.05, 0.1) is 32.8 Å². The third kappa shape index (κ3) is 13.7. The zero-order valence-electron chi connectivity index (χ0n) is 34.0. The normalized spacial score (nSPS) is 16.2. The summed E-state index contributed by atoms with van der Waals surface area (Å²) in [5.74, 6) is -2.88. The number of nitrogens with two attached hydrogens (primary N) is 1. The van der Waals surface area contributed by atoms with Crippen molar-refractivity contribution in [2.45, 2.75) is 50.4 Å². The molecular weight excluding hydrogens is 921 g/mol. The number of nitrogen functional groups attached to an aromatic ring is 1. The summed E-state index contributed by atoms with van der Waals surface area (Å²) in [4.78, 5) is 6.68. The van der Waals surface area contributed by atoms with E-state index in [1.165, 1.54) is 23.8 Å². The Morgan fingerprint density at radius 1 is 0.677 bits per heavy atom. The van der Waals surface area contributed by atoms with Gasteiger partial charge in [0.2, 0.25) is 0 Å². The number of halogens is 10. The van der Waals surface area contributed by atoms with E-state index in [0.29, 0.717) is 56.9 Å². The summed E-state index contributed by atoms with van der Waals surface area (Å²) in [6.45, 7) is 7.30. The molecule has 7 rings (SSSR count). The van der Waals surface area contributed by atoms with Crippen LogP contribution in [0.3, 0.4) is 0 Å². The van der Waals surface area contributed by atoms with Gasteiger partial charge >= 0.3 is 0 Å². The van der Waals surface area contributed by atoms with E-state index in [1.54, 1.807) is 36.4 Å². The lowest BCUT2D eigenvalue weighted by Gasteiger charge is -2.48. The average molecular weight is 968 g/mol. The van der Waals surface area contributed by atoms with Crippen molar-refractivity contribution in [1.29, 1.82) is 0 Å². The van der Waals surface area contributed by atoms with Crippen LogP contribution in [0.15, 0.2) is 133 Å². The van der Waals surface area contributed by atoms with Crippen LogP contribution >= 0.6 is 69.6 Å². The summed E-state index contributed by atoms with van der Waals surface area (Å²) >= 11 is 36.3. The first-order valence-electron chi connectivity index (χ1n) is 19.7. The Morgan fingerprint density at radius 2 is 1.24 bits per heavy atom. The Morgan fingerprint density at radius 3 is 1.81 bits per heavy atom. The Balaban J connectivity index is 0.000000200. The lowest BCUT2D eigenvalue weighted by atomic mass is 9.93. The van der Waals surface area contributed by atoms with E-state index in [9.17, 15) is 17.6 Å². The Kier molecular flexibility index (Phi) is 19.0. The predicted molar refractivity (Wildman–Crippen MR) is 252 cm³/mol. The minimum atomic E-state index is -0.842. The van der Waals surface area contributed by atoms with Gasteiger partial charge in [-0.3, -0.25) is 9.80 Å². The number of alkyl halides is 2. The molecule has 6 aromatic rings. The first-order valence-corrected chi connectivity index (χ1v) is 22.2. The van der Waals surface area contributed by atoms with Crippen LogP contribution < -0.4 is 10.6 Å². The van der Waals surface area contributed by atoms with Gasteiger partial charge in [0.1, 0.15) is 0 Å². The van der Waals surface area contributed by atoms with Crippen molar-refractivity contribution >= 4 is 81.0 Å². The molecule has 1 fully saturated rings. The molecule has 328 valence electrons. The van der Waals surface area contributed by atoms with Crippen LogP contribution in [-0.2, 0) is 13.1 Å². The SMILES string of the molecule is CC(C(Cl)c1ccccc1)N(CCCl)Cc1ccc(F)c(F)c1.C[C@H]1[C@H](c2ccccc2)N(c2ccc(Cl)cc2Cl)CCN1Cc1ccc(F)c(F)c1.Nc1ccc(Cl)cc1Cl. The molecule has 0 saturated carbocycles. The first kappa shape index (κ1) is 49.3. The van der Waals surface area contributed by atoms with Crippen molar-refractivity contribution in [2.75, 3.05) is 36.1 Å². The van der Waals surface area contributed by atoms with E-state index < -0.39 is 23.3 Å². The van der Waals surface area contributed by atoms with Crippen molar-refractivity contribution in [3.63, 3.8) is 0 Å². The molecule has 1 saturated heterocycles. The number of benzene rings is 6. The minimum Gasteiger partial charge on any atom is -0.398 e. The van der Waals surface area contributed by atoms with Crippen molar-refractivity contribution in [2.24, 2.45) is 0 Å². The fraction of sp³-hybridized carbons (Fsp3) is 0.250. The number of piperazine rings is 1. The van der Waals surface area contributed by atoms with Gasteiger partial charge in [-0.05, 0) is 96.8 Å². The summed E-state index contributed by atoms with van der Waals surface area (Å²) < 4.78 is 53.5. The quantitative estimate of drug-likeness (QED) is 0.0797. The maximum Gasteiger partial charge on any atom is 0.159 e. The summed E-state index contributed by atoms with van der Waals surface area (Å²) in [7, 11) is 0. The van der Waals surface area contributed by atoms with E-state index in [2.05, 4.69) is 33.8 Å². The Labute approximate surface area is 391 Å². The van der Waals surface area contributed by atoms with Crippen molar-refractivity contribution in [3.8, 4) is 0 Å². The van der Waals surface area contributed by atoms with Gasteiger partial charge in [-0.2, -0.15) is 0 Å². The highest BCUT2D eigenvalue weighted by Crippen LogP contribution is 2.40. The van der Waals surface area contributed by atoms with Crippen molar-refractivity contribution in [1.82, 2.24) is 9.80 Å². The molecule has 4 atom stereocenters. The van der Waals surface area contributed by atoms with Crippen LogP contribution in [0.2, 0.25) is 20.1 Å². The maximum absolute atomic E-state index is 13.7. The monoisotopic (exact) mass is 964 g/mol. The molecule has 1 aliphatic rings. The van der Waals surface area contributed by atoms with E-state index in [4.69, 9.17) is 75.3 Å². The Hall–Kier alpha value is -3.70. The molecule has 6 aromatic carbocycles. The molecule has 62 heavy (non-hydrogen) atoms. The van der Waals surface area contributed by atoms with Gasteiger partial charge in [0.25, 0.3) is 0 Å². The standard InChI is InChI=1S/C24H22Cl2F2N2.C18H19Cl2F2N.C6H5Cl2N/c1-16-24(18-5-3-2-4-6-18)30(23-10-8-19(25)14-20(23)26)12-11-29(16)15-17-7-9-21(27)22(28)13-17;1-13(18(20)15-5-3-2-4-6-15)23(10-9-19)12-14-7-8-16(21)17(22)11-14;7-4-1-2-6(9)5(8)3-4/h2-10,13-14,16,24H,11-12,15H2,1H3;2-8,11,13,18H,9-10,12H2,1H3;1-3H,9H2/t16-,24+;;/m0../s1. The number of rotatable bonds is 11. The highest BCUT2D eigenvalue weighted by molar-refractivity contribution is 6.36. The fourth-order valence-corrected chi connectivity index (χ4v) is 8.68. The predicted octanol–water partition coefficient (Wildman–Crippen LogP) is 14.7. The molecule has 4 nitrogen and oxygen atoms in total. The summed E-state index contributed by atoms with van der Waals surface area (Å²) in [6, 6.07) is 38.8. The van der Waals surface area contributed by atoms with Crippen molar-refractivity contribution in [3.05, 3.63) is 199 Å². The molecule has 0 amide bonds. The van der Waals surface area contributed by atoms with Crippen molar-refractivity contribution < 1.29 is 17.6 Å². The molecule has 0 spiro atoms. The molecule has 2 unspecified atom stereocenters. The third-order valence-corrected chi connectivity index (χ3v) is 12.4. The number of hydrogen-bond donors (Lipinski definition) is 1. The molecule has 0 aliphatic carbocycles. The minimum absolute atomic E-state index is 0.00840. The van der Waals surface area contributed by atoms with Crippen LogP contribution in [0.25, 0.3) is 0 Å². The van der Waals surface area contributed by atoms with E-state index in [0.717, 1.165) is 36.0 Å². The lowest BCUT2D eigenvalue weighted by molar-refractivity contribution is 0.144. The molecule has 1 aliphatic heterocycles. The molecule has 0 radical (unpaired) electrons.